The summed E-state index contributed by atoms with van der Waals surface area (Å²) in [5.41, 5.74) is 0.844. The topological polar surface area (TPSA) is 74.6 Å². The van der Waals surface area contributed by atoms with Gasteiger partial charge in [0.15, 0.2) is 0 Å². The van der Waals surface area contributed by atoms with E-state index in [-0.39, 0.29) is 12.3 Å². The lowest BCUT2D eigenvalue weighted by atomic mass is 9.85. The van der Waals surface area contributed by atoms with Crippen molar-refractivity contribution in [2.45, 2.75) is 19.3 Å². The molecule has 1 aromatic rings. The molecule has 0 spiro atoms. The van der Waals surface area contributed by atoms with Crippen LogP contribution in [0.4, 0.5) is 0 Å². The number of carboxylic acid groups (broad SMARTS) is 2. The Morgan fingerprint density at radius 3 is 2.19 bits per heavy atom. The molecular weight excluding hydrogens is 208 g/mol. The molecule has 2 unspecified atom stereocenters. The van der Waals surface area contributed by atoms with E-state index in [0.29, 0.717) is 0 Å². The molecule has 0 aromatic heterocycles. The van der Waals surface area contributed by atoms with Gasteiger partial charge in [-0.15, -0.1) is 0 Å². The van der Waals surface area contributed by atoms with Crippen LogP contribution in [0, 0.1) is 5.92 Å². The summed E-state index contributed by atoms with van der Waals surface area (Å²) in [5.74, 6) is -3.36. The summed E-state index contributed by atoms with van der Waals surface area (Å²) in [5, 5.41) is 17.7. The largest absolute Gasteiger partial charge is 0.481 e. The summed E-state index contributed by atoms with van der Waals surface area (Å²) in [6.07, 6.45) is -0.356. The van der Waals surface area contributed by atoms with Crippen molar-refractivity contribution in [2.75, 3.05) is 0 Å². The van der Waals surface area contributed by atoms with Gasteiger partial charge in [-0.2, -0.15) is 0 Å². The molecule has 0 saturated heterocycles. The summed E-state index contributed by atoms with van der Waals surface area (Å²) in [6.45, 7) is 1.73. The lowest BCUT2D eigenvalue weighted by Crippen LogP contribution is -2.23. The number of carbonyl (C=O) groups is 2. The summed E-state index contributed by atoms with van der Waals surface area (Å²) < 4.78 is 0. The van der Waals surface area contributed by atoms with E-state index in [4.69, 9.17) is 10.2 Å². The highest BCUT2D eigenvalue weighted by molar-refractivity contribution is 5.78. The molecule has 0 amide bonds. The smallest absolute Gasteiger partial charge is 0.307 e. The van der Waals surface area contributed by atoms with Crippen molar-refractivity contribution in [2.24, 2.45) is 5.92 Å². The molecule has 0 saturated carbocycles. The molecule has 1 aromatic carbocycles. The van der Waals surface area contributed by atoms with Gasteiger partial charge in [-0.1, -0.05) is 37.3 Å². The summed E-state index contributed by atoms with van der Waals surface area (Å²) in [6, 6.07) is 9.07. The molecular formula is C12H14O4. The Morgan fingerprint density at radius 2 is 1.75 bits per heavy atom. The molecule has 2 N–H and O–H groups in total. The van der Waals surface area contributed by atoms with Crippen LogP contribution < -0.4 is 0 Å². The third-order valence-corrected chi connectivity index (χ3v) is 2.64. The van der Waals surface area contributed by atoms with Crippen molar-refractivity contribution >= 4 is 11.9 Å². The van der Waals surface area contributed by atoms with E-state index in [9.17, 15) is 9.59 Å². The molecule has 4 nitrogen and oxygen atoms in total. The number of carboxylic acids is 2. The zero-order valence-corrected chi connectivity index (χ0v) is 8.96. The SMILES string of the molecule is CC(c1ccccc1)C(CC(=O)O)C(=O)O. The highest BCUT2D eigenvalue weighted by atomic mass is 16.4. The number of aliphatic carboxylic acids is 2. The fraction of sp³-hybridized carbons (Fsp3) is 0.333. The Morgan fingerprint density at radius 1 is 1.19 bits per heavy atom. The molecule has 86 valence electrons. The standard InChI is InChI=1S/C12H14O4/c1-8(9-5-3-2-4-6-9)10(12(15)16)7-11(13)14/h2-6,8,10H,7H2,1H3,(H,13,14)(H,15,16). The van der Waals surface area contributed by atoms with Gasteiger partial charge >= 0.3 is 11.9 Å². The van der Waals surface area contributed by atoms with E-state index in [1.54, 1.807) is 6.92 Å². The van der Waals surface area contributed by atoms with Crippen LogP contribution in [-0.2, 0) is 9.59 Å². The molecule has 16 heavy (non-hydrogen) atoms. The predicted octanol–water partition coefficient (Wildman–Crippen LogP) is 1.97. The van der Waals surface area contributed by atoms with E-state index in [1.807, 2.05) is 30.3 Å². The first-order valence-electron chi connectivity index (χ1n) is 5.02. The van der Waals surface area contributed by atoms with Crippen LogP contribution in [-0.4, -0.2) is 22.2 Å². The normalized spacial score (nSPS) is 14.1. The van der Waals surface area contributed by atoms with E-state index in [2.05, 4.69) is 0 Å². The maximum Gasteiger partial charge on any atom is 0.307 e. The van der Waals surface area contributed by atoms with Crippen LogP contribution in [0.5, 0.6) is 0 Å². The van der Waals surface area contributed by atoms with Gasteiger partial charge in [0, 0.05) is 0 Å². The lowest BCUT2D eigenvalue weighted by molar-refractivity contribution is -0.149. The Labute approximate surface area is 93.5 Å². The molecule has 0 fully saturated rings. The van der Waals surface area contributed by atoms with Crippen LogP contribution >= 0.6 is 0 Å². The van der Waals surface area contributed by atoms with Gasteiger partial charge in [0.1, 0.15) is 0 Å². The molecule has 1 rings (SSSR count). The zero-order chi connectivity index (χ0) is 12.1. The minimum Gasteiger partial charge on any atom is -0.481 e. The average molecular weight is 222 g/mol. The molecule has 0 radical (unpaired) electrons. The summed E-state index contributed by atoms with van der Waals surface area (Å²) >= 11 is 0. The van der Waals surface area contributed by atoms with Crippen LogP contribution in [0.15, 0.2) is 30.3 Å². The molecule has 4 heteroatoms. The van der Waals surface area contributed by atoms with Crippen molar-refractivity contribution < 1.29 is 19.8 Å². The zero-order valence-electron chi connectivity index (χ0n) is 8.96. The Balaban J connectivity index is 2.87. The van der Waals surface area contributed by atoms with Gasteiger partial charge < -0.3 is 10.2 Å². The fourth-order valence-corrected chi connectivity index (χ4v) is 1.65. The highest BCUT2D eigenvalue weighted by Gasteiger charge is 2.28. The molecule has 2 atom stereocenters. The third kappa shape index (κ3) is 3.08. The van der Waals surface area contributed by atoms with Crippen molar-refractivity contribution in [1.82, 2.24) is 0 Å². The van der Waals surface area contributed by atoms with Crippen molar-refractivity contribution in [3.8, 4) is 0 Å². The highest BCUT2D eigenvalue weighted by Crippen LogP contribution is 2.26. The number of rotatable bonds is 5. The van der Waals surface area contributed by atoms with Crippen LogP contribution in [0.25, 0.3) is 0 Å². The maximum absolute atomic E-state index is 11.0. The van der Waals surface area contributed by atoms with Crippen LogP contribution in [0.3, 0.4) is 0 Å². The van der Waals surface area contributed by atoms with E-state index in [1.165, 1.54) is 0 Å². The van der Waals surface area contributed by atoms with Crippen molar-refractivity contribution in [3.63, 3.8) is 0 Å². The van der Waals surface area contributed by atoms with Gasteiger partial charge in [0.2, 0.25) is 0 Å². The van der Waals surface area contributed by atoms with Gasteiger partial charge in [0.05, 0.1) is 12.3 Å². The van der Waals surface area contributed by atoms with Gasteiger partial charge in [-0.3, -0.25) is 9.59 Å². The first kappa shape index (κ1) is 12.2. The monoisotopic (exact) mass is 222 g/mol. The second kappa shape index (κ2) is 5.30. The van der Waals surface area contributed by atoms with E-state index in [0.717, 1.165) is 5.56 Å². The Kier molecular flexibility index (Phi) is 4.05. The van der Waals surface area contributed by atoms with Crippen molar-refractivity contribution in [3.05, 3.63) is 35.9 Å². The second-order valence-corrected chi connectivity index (χ2v) is 3.74. The number of benzene rings is 1. The fourth-order valence-electron chi connectivity index (χ4n) is 1.65. The first-order valence-corrected chi connectivity index (χ1v) is 5.02. The van der Waals surface area contributed by atoms with Crippen LogP contribution in [0.1, 0.15) is 24.8 Å². The number of hydrogen-bond acceptors (Lipinski definition) is 2. The predicted molar refractivity (Wildman–Crippen MR) is 58.2 cm³/mol. The average Bonchev–Trinajstić information content (AvgIpc) is 2.25. The van der Waals surface area contributed by atoms with Crippen molar-refractivity contribution in [1.29, 1.82) is 0 Å². The quantitative estimate of drug-likeness (QED) is 0.798. The van der Waals surface area contributed by atoms with E-state index < -0.39 is 17.9 Å². The van der Waals surface area contributed by atoms with Crippen LogP contribution in [0.2, 0.25) is 0 Å². The molecule has 0 aliphatic carbocycles. The number of hydrogen-bond donors (Lipinski definition) is 2. The van der Waals surface area contributed by atoms with Gasteiger partial charge in [0.25, 0.3) is 0 Å². The summed E-state index contributed by atoms with van der Waals surface area (Å²) in [4.78, 5) is 21.6. The van der Waals surface area contributed by atoms with Gasteiger partial charge in [-0.05, 0) is 11.5 Å². The first-order chi connectivity index (χ1) is 7.52. The molecule has 0 heterocycles. The second-order valence-electron chi connectivity index (χ2n) is 3.74. The maximum atomic E-state index is 11.0. The third-order valence-electron chi connectivity index (χ3n) is 2.64. The lowest BCUT2D eigenvalue weighted by Gasteiger charge is -2.18. The molecule has 0 bridgehead atoms. The Bertz CT molecular complexity index is 372. The molecule has 0 aliphatic rings. The minimum atomic E-state index is -1.09. The van der Waals surface area contributed by atoms with E-state index >= 15 is 0 Å². The Hall–Kier alpha value is -1.84. The minimum absolute atomic E-state index is 0.310. The summed E-state index contributed by atoms with van der Waals surface area (Å²) in [7, 11) is 0. The molecule has 0 aliphatic heterocycles. The van der Waals surface area contributed by atoms with Gasteiger partial charge in [-0.25, -0.2) is 0 Å².